The van der Waals surface area contributed by atoms with E-state index in [0.29, 0.717) is 36.4 Å². The van der Waals surface area contributed by atoms with E-state index in [1.54, 1.807) is 48.7 Å². The maximum absolute atomic E-state index is 14.4. The summed E-state index contributed by atoms with van der Waals surface area (Å²) in [6.07, 6.45) is 4.13. The van der Waals surface area contributed by atoms with E-state index < -0.39 is 6.43 Å². The summed E-state index contributed by atoms with van der Waals surface area (Å²) in [4.78, 5) is 20.1. The van der Waals surface area contributed by atoms with Gasteiger partial charge in [-0.2, -0.15) is 5.10 Å². The van der Waals surface area contributed by atoms with Crippen molar-refractivity contribution in [3.63, 3.8) is 0 Å². The van der Waals surface area contributed by atoms with E-state index >= 15 is 0 Å². The van der Waals surface area contributed by atoms with Gasteiger partial charge in [0.25, 0.3) is 12.0 Å². The number of pyridine rings is 2. The molecule has 1 fully saturated rings. The molecule has 0 amide bonds. The highest BCUT2D eigenvalue weighted by Crippen LogP contribution is 2.43. The lowest BCUT2D eigenvalue weighted by Crippen LogP contribution is -2.28. The van der Waals surface area contributed by atoms with E-state index in [-0.39, 0.29) is 17.0 Å². The van der Waals surface area contributed by atoms with E-state index in [1.807, 2.05) is 18.2 Å². The summed E-state index contributed by atoms with van der Waals surface area (Å²) >= 11 is 0. The first kappa shape index (κ1) is 24.7. The second-order valence-corrected chi connectivity index (χ2v) is 10.4. The van der Waals surface area contributed by atoms with Crippen LogP contribution in [0.15, 0.2) is 41.5 Å². The van der Waals surface area contributed by atoms with Gasteiger partial charge in [-0.15, -0.1) is 0 Å². The van der Waals surface area contributed by atoms with Crippen LogP contribution in [-0.2, 0) is 25.3 Å². The summed E-state index contributed by atoms with van der Waals surface area (Å²) in [7, 11) is 3.57. The SMILES string of the molecule is Cc1cc2c(N3CCCc4cc(-c5cnn(C)c5)c(C(F)F)cc43)nc(C3CCOCC3)cc2n(C)c1=O. The molecule has 0 unspecified atom stereocenters. The van der Waals surface area contributed by atoms with Gasteiger partial charge in [-0.05, 0) is 68.0 Å². The normalized spacial score (nSPS) is 16.4. The van der Waals surface area contributed by atoms with Crippen molar-refractivity contribution >= 4 is 22.4 Å². The number of alkyl halides is 2. The Bertz CT molecular complexity index is 1590. The monoisotopic (exact) mass is 519 g/mol. The van der Waals surface area contributed by atoms with Crippen molar-refractivity contribution in [2.45, 2.75) is 45.0 Å². The lowest BCUT2D eigenvalue weighted by atomic mass is 9.92. The van der Waals surface area contributed by atoms with Crippen molar-refractivity contribution in [3.8, 4) is 11.1 Å². The molecule has 0 aliphatic carbocycles. The lowest BCUT2D eigenvalue weighted by Gasteiger charge is -2.33. The molecule has 7 nitrogen and oxygen atoms in total. The van der Waals surface area contributed by atoms with E-state index in [9.17, 15) is 13.6 Å². The molecule has 0 spiro atoms. The van der Waals surface area contributed by atoms with Crippen LogP contribution in [0.4, 0.5) is 20.3 Å². The highest BCUT2D eigenvalue weighted by molar-refractivity contribution is 5.93. The third-order valence-electron chi connectivity index (χ3n) is 7.92. The Labute approximate surface area is 219 Å². The zero-order valence-electron chi connectivity index (χ0n) is 21.9. The first-order valence-electron chi connectivity index (χ1n) is 13.1. The number of hydrogen-bond donors (Lipinski definition) is 0. The number of halogens is 2. The molecular weight excluding hydrogens is 488 g/mol. The maximum Gasteiger partial charge on any atom is 0.264 e. The third kappa shape index (κ3) is 4.18. The number of nitrogens with zero attached hydrogens (tertiary/aromatic N) is 5. The van der Waals surface area contributed by atoms with E-state index in [1.165, 1.54) is 0 Å². The largest absolute Gasteiger partial charge is 0.381 e. The minimum Gasteiger partial charge on any atom is -0.381 e. The van der Waals surface area contributed by atoms with Crippen molar-refractivity contribution in [1.82, 2.24) is 19.3 Å². The molecule has 0 bridgehead atoms. The number of ether oxygens (including phenoxy) is 1. The molecule has 4 aromatic rings. The average molecular weight is 520 g/mol. The van der Waals surface area contributed by atoms with Gasteiger partial charge in [0.05, 0.1) is 11.7 Å². The fourth-order valence-electron chi connectivity index (χ4n) is 5.88. The molecule has 1 aromatic carbocycles. The van der Waals surface area contributed by atoms with Gasteiger partial charge in [-0.3, -0.25) is 9.48 Å². The molecule has 5 heterocycles. The first-order valence-corrected chi connectivity index (χ1v) is 13.1. The standard InChI is InChI=1S/C29H31F2N5O2/c1-17-11-23-26(35(3)29(17)37)14-24(18-6-9-38-10-7-18)33-28(23)36-8-4-5-19-12-21(20-15-32-34(2)16-20)22(27(30)31)13-25(19)36/h11-16,18,27H,4-10H2,1-3H3. The maximum atomic E-state index is 14.4. The van der Waals surface area contributed by atoms with Crippen LogP contribution in [0.2, 0.25) is 0 Å². The number of fused-ring (bicyclic) bond motifs is 2. The van der Waals surface area contributed by atoms with Crippen molar-refractivity contribution in [2.24, 2.45) is 14.1 Å². The number of anilines is 2. The quantitative estimate of drug-likeness (QED) is 0.353. The second kappa shape index (κ2) is 9.62. The molecule has 2 aliphatic heterocycles. The molecule has 38 heavy (non-hydrogen) atoms. The minimum atomic E-state index is -2.64. The van der Waals surface area contributed by atoms with Crippen LogP contribution in [0.1, 0.15) is 54.0 Å². The van der Waals surface area contributed by atoms with Gasteiger partial charge >= 0.3 is 0 Å². The molecule has 0 N–H and O–H groups in total. The van der Waals surface area contributed by atoms with Crippen LogP contribution < -0.4 is 10.5 Å². The van der Waals surface area contributed by atoms with Crippen molar-refractivity contribution in [2.75, 3.05) is 24.7 Å². The minimum absolute atomic E-state index is 0.0166. The van der Waals surface area contributed by atoms with Gasteiger partial charge in [0.1, 0.15) is 5.82 Å². The Kier molecular flexibility index (Phi) is 6.26. The Morgan fingerprint density at radius 1 is 1.11 bits per heavy atom. The number of aryl methyl sites for hydroxylation is 4. The van der Waals surface area contributed by atoms with Gasteiger partial charge in [0.15, 0.2) is 0 Å². The lowest BCUT2D eigenvalue weighted by molar-refractivity contribution is 0.0845. The summed E-state index contributed by atoms with van der Waals surface area (Å²) in [6.45, 7) is 3.81. The van der Waals surface area contributed by atoms with Crippen molar-refractivity contribution < 1.29 is 13.5 Å². The topological polar surface area (TPSA) is 65.2 Å². The van der Waals surface area contributed by atoms with Crippen molar-refractivity contribution in [3.05, 3.63) is 69.4 Å². The highest BCUT2D eigenvalue weighted by atomic mass is 19.3. The summed E-state index contributed by atoms with van der Waals surface area (Å²) in [6, 6.07) is 7.44. The average Bonchev–Trinajstić information content (AvgIpc) is 3.37. The van der Waals surface area contributed by atoms with Gasteiger partial charge in [0.2, 0.25) is 0 Å². The molecule has 0 saturated carbocycles. The molecule has 1 saturated heterocycles. The number of hydrogen-bond acceptors (Lipinski definition) is 5. The third-order valence-corrected chi connectivity index (χ3v) is 7.92. The summed E-state index contributed by atoms with van der Waals surface area (Å²) in [5.41, 5.74) is 5.24. The summed E-state index contributed by atoms with van der Waals surface area (Å²) < 4.78 is 37.7. The van der Waals surface area contributed by atoms with E-state index in [2.05, 4.69) is 10.00 Å². The Hall–Kier alpha value is -3.59. The smallest absolute Gasteiger partial charge is 0.264 e. The zero-order chi connectivity index (χ0) is 26.6. The molecule has 198 valence electrons. The molecule has 9 heteroatoms. The Morgan fingerprint density at radius 2 is 1.89 bits per heavy atom. The van der Waals surface area contributed by atoms with Crippen LogP contribution in [0.5, 0.6) is 0 Å². The number of benzene rings is 1. The zero-order valence-corrected chi connectivity index (χ0v) is 21.9. The predicted molar refractivity (Wildman–Crippen MR) is 143 cm³/mol. The second-order valence-electron chi connectivity index (χ2n) is 10.4. The Morgan fingerprint density at radius 3 is 2.61 bits per heavy atom. The molecule has 0 atom stereocenters. The summed E-state index contributed by atoms with van der Waals surface area (Å²) in [5, 5.41) is 5.04. The summed E-state index contributed by atoms with van der Waals surface area (Å²) in [5.74, 6) is 0.940. The van der Waals surface area contributed by atoms with Crippen LogP contribution in [0, 0.1) is 6.92 Å². The molecule has 3 aromatic heterocycles. The molecule has 6 rings (SSSR count). The van der Waals surface area contributed by atoms with E-state index in [4.69, 9.17) is 9.72 Å². The number of rotatable bonds is 4. The van der Waals surface area contributed by atoms with Gasteiger partial charge < -0.3 is 14.2 Å². The fraction of sp³-hybridized carbons (Fsp3) is 0.414. The van der Waals surface area contributed by atoms with E-state index in [0.717, 1.165) is 59.3 Å². The molecular formula is C29H31F2N5O2. The van der Waals surface area contributed by atoms with Crippen LogP contribution in [0.25, 0.3) is 22.0 Å². The van der Waals surface area contributed by atoms with Gasteiger partial charge in [0, 0.05) is 79.4 Å². The van der Waals surface area contributed by atoms with Gasteiger partial charge in [-0.1, -0.05) is 0 Å². The van der Waals surface area contributed by atoms with Crippen LogP contribution in [-0.4, -0.2) is 39.1 Å². The highest BCUT2D eigenvalue weighted by Gasteiger charge is 2.28. The molecule has 2 aliphatic rings. The van der Waals surface area contributed by atoms with Gasteiger partial charge in [-0.25, -0.2) is 13.8 Å². The fourth-order valence-corrected chi connectivity index (χ4v) is 5.88. The van der Waals surface area contributed by atoms with Crippen LogP contribution >= 0.6 is 0 Å². The molecule has 0 radical (unpaired) electrons. The predicted octanol–water partition coefficient (Wildman–Crippen LogP) is 5.56. The van der Waals surface area contributed by atoms with Crippen LogP contribution in [0.3, 0.4) is 0 Å². The number of aromatic nitrogens is 4. The first-order chi connectivity index (χ1) is 18.3. The Balaban J connectivity index is 1.57. The van der Waals surface area contributed by atoms with Crippen molar-refractivity contribution in [1.29, 1.82) is 0 Å².